The van der Waals surface area contributed by atoms with Crippen LogP contribution >= 0.6 is 0 Å². The number of likely N-dealkylation sites (tertiary alicyclic amines) is 1. The van der Waals surface area contributed by atoms with Crippen LogP contribution in [-0.2, 0) is 4.79 Å². The number of allylic oxidation sites excluding steroid dienone is 3. The monoisotopic (exact) mass is 436 g/mol. The minimum absolute atomic E-state index is 0.0495. The molecule has 1 N–H and O–H groups in total. The SMILES string of the molecule is CC(=Nc1c(C)ncnc1N1CC(C)(C)C2=CCCC=C21)C(=O)NCCCN1CCCC1. The molecule has 1 aliphatic carbocycles. The second-order valence-electron chi connectivity index (χ2n) is 9.74. The number of hydrogen-bond donors (Lipinski definition) is 1. The van der Waals surface area contributed by atoms with E-state index in [1.165, 1.54) is 37.2 Å². The number of anilines is 1. The van der Waals surface area contributed by atoms with Crippen LogP contribution in [0.25, 0.3) is 0 Å². The molecule has 2 aliphatic heterocycles. The summed E-state index contributed by atoms with van der Waals surface area (Å²) in [4.78, 5) is 31.1. The number of rotatable bonds is 7. The predicted octanol–water partition coefficient (Wildman–Crippen LogP) is 3.93. The van der Waals surface area contributed by atoms with Gasteiger partial charge in [-0.25, -0.2) is 15.0 Å². The molecule has 1 amide bonds. The van der Waals surface area contributed by atoms with Gasteiger partial charge in [0.15, 0.2) is 5.82 Å². The number of fused-ring (bicyclic) bond motifs is 1. The van der Waals surface area contributed by atoms with Crippen LogP contribution in [0.4, 0.5) is 11.5 Å². The maximum Gasteiger partial charge on any atom is 0.265 e. The summed E-state index contributed by atoms with van der Waals surface area (Å²) in [5.74, 6) is 0.656. The van der Waals surface area contributed by atoms with Crippen molar-refractivity contribution in [3.63, 3.8) is 0 Å². The molecule has 3 heterocycles. The fraction of sp³-hybridized carbons (Fsp3) is 0.600. The van der Waals surface area contributed by atoms with Gasteiger partial charge in [-0.1, -0.05) is 26.0 Å². The van der Waals surface area contributed by atoms with E-state index in [2.05, 4.69) is 51.1 Å². The normalized spacial score (nSPS) is 20.8. The molecule has 7 heteroatoms. The van der Waals surface area contributed by atoms with Crippen molar-refractivity contribution in [2.24, 2.45) is 10.4 Å². The second-order valence-corrected chi connectivity index (χ2v) is 9.74. The zero-order valence-electron chi connectivity index (χ0n) is 19.9. The van der Waals surface area contributed by atoms with E-state index in [4.69, 9.17) is 4.99 Å². The lowest BCUT2D eigenvalue weighted by Crippen LogP contribution is -2.32. The molecule has 2 fully saturated rings. The number of aromatic nitrogens is 2. The van der Waals surface area contributed by atoms with Crippen LogP contribution < -0.4 is 10.2 Å². The van der Waals surface area contributed by atoms with E-state index in [0.29, 0.717) is 17.9 Å². The van der Waals surface area contributed by atoms with Gasteiger partial charge in [-0.2, -0.15) is 0 Å². The van der Waals surface area contributed by atoms with Crippen LogP contribution in [0, 0.1) is 12.3 Å². The van der Waals surface area contributed by atoms with Gasteiger partial charge in [0.25, 0.3) is 5.91 Å². The van der Waals surface area contributed by atoms with Gasteiger partial charge in [0.1, 0.15) is 17.7 Å². The van der Waals surface area contributed by atoms with Gasteiger partial charge in [-0.3, -0.25) is 4.79 Å². The van der Waals surface area contributed by atoms with Crippen molar-refractivity contribution in [3.05, 3.63) is 35.4 Å². The first-order valence-electron chi connectivity index (χ1n) is 11.9. The van der Waals surface area contributed by atoms with E-state index in [-0.39, 0.29) is 11.3 Å². The summed E-state index contributed by atoms with van der Waals surface area (Å²) < 4.78 is 0. The summed E-state index contributed by atoms with van der Waals surface area (Å²) in [6.45, 7) is 13.2. The van der Waals surface area contributed by atoms with Crippen LogP contribution in [0.3, 0.4) is 0 Å². The Labute approximate surface area is 191 Å². The largest absolute Gasteiger partial charge is 0.351 e. The van der Waals surface area contributed by atoms with Crippen molar-refractivity contribution in [1.29, 1.82) is 0 Å². The Morgan fingerprint density at radius 2 is 1.94 bits per heavy atom. The average molecular weight is 437 g/mol. The number of aliphatic imine (C=N–C) groups is 1. The Bertz CT molecular complexity index is 955. The molecule has 1 aromatic rings. The van der Waals surface area contributed by atoms with Crippen LogP contribution in [-0.4, -0.2) is 59.2 Å². The molecule has 32 heavy (non-hydrogen) atoms. The first-order chi connectivity index (χ1) is 15.4. The quantitative estimate of drug-likeness (QED) is 0.518. The van der Waals surface area contributed by atoms with Gasteiger partial charge in [-0.15, -0.1) is 0 Å². The summed E-state index contributed by atoms with van der Waals surface area (Å²) in [7, 11) is 0. The molecule has 0 radical (unpaired) electrons. The van der Waals surface area contributed by atoms with E-state index in [9.17, 15) is 4.79 Å². The Hall–Kier alpha value is -2.54. The lowest BCUT2D eigenvalue weighted by atomic mass is 9.84. The molecule has 7 nitrogen and oxygen atoms in total. The predicted molar refractivity (Wildman–Crippen MR) is 129 cm³/mol. The maximum absolute atomic E-state index is 12.7. The molecule has 0 bridgehead atoms. The van der Waals surface area contributed by atoms with Gasteiger partial charge in [-0.05, 0) is 71.2 Å². The molecular weight excluding hydrogens is 400 g/mol. The zero-order chi connectivity index (χ0) is 22.7. The molecule has 2 saturated heterocycles. The first-order valence-corrected chi connectivity index (χ1v) is 11.9. The lowest BCUT2D eigenvalue weighted by molar-refractivity contribution is -0.114. The van der Waals surface area contributed by atoms with Gasteiger partial charge < -0.3 is 15.1 Å². The summed E-state index contributed by atoms with van der Waals surface area (Å²) in [5.41, 5.74) is 4.55. The standard InChI is InChI=1S/C25H36N6O/c1-18-22(29-19(2)24(32)26-12-9-15-30-13-7-8-14-30)23(28-17-27-18)31-16-25(3,4)20-10-5-6-11-21(20)31/h10-11,17H,5-9,12-16H2,1-4H3,(H,26,32). The zero-order valence-corrected chi connectivity index (χ0v) is 19.9. The fourth-order valence-electron chi connectivity index (χ4n) is 4.94. The Kier molecular flexibility index (Phi) is 6.74. The molecule has 0 spiro atoms. The fourth-order valence-corrected chi connectivity index (χ4v) is 4.94. The van der Waals surface area contributed by atoms with E-state index in [1.807, 2.05) is 6.92 Å². The first kappa shape index (κ1) is 22.6. The molecule has 4 rings (SSSR count). The third-order valence-electron chi connectivity index (χ3n) is 6.69. The molecular formula is C25H36N6O. The van der Waals surface area contributed by atoms with E-state index in [0.717, 1.165) is 43.9 Å². The van der Waals surface area contributed by atoms with Gasteiger partial charge in [0.2, 0.25) is 0 Å². The van der Waals surface area contributed by atoms with E-state index in [1.54, 1.807) is 13.3 Å². The van der Waals surface area contributed by atoms with Gasteiger partial charge in [0, 0.05) is 24.2 Å². The average Bonchev–Trinajstić information content (AvgIpc) is 3.39. The molecule has 1 aromatic heterocycles. The van der Waals surface area contributed by atoms with Crippen LogP contribution in [0.15, 0.2) is 34.7 Å². The maximum atomic E-state index is 12.7. The Balaban J connectivity index is 1.49. The minimum atomic E-state index is -0.125. The van der Waals surface area contributed by atoms with E-state index >= 15 is 0 Å². The number of amides is 1. The summed E-state index contributed by atoms with van der Waals surface area (Å²) in [6.07, 6.45) is 11.9. The van der Waals surface area contributed by atoms with Crippen molar-refractivity contribution >= 4 is 23.1 Å². The number of carbonyl (C=O) groups is 1. The molecule has 0 unspecified atom stereocenters. The second kappa shape index (κ2) is 9.53. The molecule has 3 aliphatic rings. The number of carbonyl (C=O) groups excluding carboxylic acids is 1. The Morgan fingerprint density at radius 3 is 2.72 bits per heavy atom. The van der Waals surface area contributed by atoms with Crippen molar-refractivity contribution in [1.82, 2.24) is 20.2 Å². The van der Waals surface area contributed by atoms with Crippen LogP contribution in [0.2, 0.25) is 0 Å². The minimum Gasteiger partial charge on any atom is -0.351 e. The van der Waals surface area contributed by atoms with Gasteiger partial charge >= 0.3 is 0 Å². The van der Waals surface area contributed by atoms with Crippen molar-refractivity contribution in [2.45, 2.75) is 59.8 Å². The summed E-state index contributed by atoms with van der Waals surface area (Å²) >= 11 is 0. The number of aryl methyl sites for hydroxylation is 1. The van der Waals surface area contributed by atoms with Crippen molar-refractivity contribution in [3.8, 4) is 0 Å². The topological polar surface area (TPSA) is 73.7 Å². The number of nitrogens with zero attached hydrogens (tertiary/aromatic N) is 5. The van der Waals surface area contributed by atoms with Crippen LogP contribution in [0.5, 0.6) is 0 Å². The third-order valence-corrected chi connectivity index (χ3v) is 6.69. The lowest BCUT2D eigenvalue weighted by Gasteiger charge is -2.22. The highest BCUT2D eigenvalue weighted by Gasteiger charge is 2.40. The number of hydrogen-bond acceptors (Lipinski definition) is 6. The van der Waals surface area contributed by atoms with E-state index < -0.39 is 0 Å². The third kappa shape index (κ3) is 4.77. The molecule has 0 aromatic carbocycles. The van der Waals surface area contributed by atoms with Crippen LogP contribution in [0.1, 0.15) is 58.6 Å². The van der Waals surface area contributed by atoms with Gasteiger partial charge in [0.05, 0.1) is 5.69 Å². The van der Waals surface area contributed by atoms with Crippen molar-refractivity contribution in [2.75, 3.05) is 37.6 Å². The molecule has 0 saturated carbocycles. The highest BCUT2D eigenvalue weighted by Crippen LogP contribution is 2.47. The highest BCUT2D eigenvalue weighted by atomic mass is 16.1. The highest BCUT2D eigenvalue weighted by molar-refractivity contribution is 6.38. The summed E-state index contributed by atoms with van der Waals surface area (Å²) in [5, 5.41) is 3.02. The summed E-state index contributed by atoms with van der Waals surface area (Å²) in [6, 6.07) is 0. The Morgan fingerprint density at radius 1 is 1.19 bits per heavy atom. The number of nitrogens with one attached hydrogen (secondary N) is 1. The van der Waals surface area contributed by atoms with Crippen molar-refractivity contribution < 1.29 is 4.79 Å². The molecule has 172 valence electrons. The molecule has 0 atom stereocenters. The smallest absolute Gasteiger partial charge is 0.265 e.